The highest BCUT2D eigenvalue weighted by molar-refractivity contribution is 9.10. The second-order valence-corrected chi connectivity index (χ2v) is 35.7. The molecule has 10 aliphatic rings. The van der Waals surface area contributed by atoms with Crippen LogP contribution in [0.2, 0.25) is 36.3 Å². The Morgan fingerprint density at radius 1 is 0.734 bits per heavy atom. The van der Waals surface area contributed by atoms with Crippen molar-refractivity contribution in [2.45, 2.75) is 248 Å². The van der Waals surface area contributed by atoms with E-state index >= 15 is 0 Å². The van der Waals surface area contributed by atoms with E-state index in [-0.39, 0.29) is 63.2 Å². The number of alkyl halides is 1. The van der Waals surface area contributed by atoms with Crippen LogP contribution in [0.1, 0.15) is 160 Å². The lowest BCUT2D eigenvalue weighted by molar-refractivity contribution is -0.151. The molecule has 13 atom stereocenters. The van der Waals surface area contributed by atoms with Crippen LogP contribution in [0.5, 0.6) is 0 Å². The van der Waals surface area contributed by atoms with Gasteiger partial charge in [-0.3, -0.25) is 4.79 Å². The van der Waals surface area contributed by atoms with Gasteiger partial charge < -0.3 is 23.4 Å². The molecule has 4 bridgehead atoms. The Bertz CT molecular complexity index is 2080. The number of hydrogen-bond donors (Lipinski definition) is 1. The van der Waals surface area contributed by atoms with Gasteiger partial charge in [-0.15, -0.1) is 0 Å². The summed E-state index contributed by atoms with van der Waals surface area (Å²) in [6, 6.07) is -0.456. The van der Waals surface area contributed by atoms with Gasteiger partial charge in [0.2, 0.25) is 0 Å². The van der Waals surface area contributed by atoms with E-state index in [0.29, 0.717) is 30.5 Å². The number of carbonyl (C=O) groups excluding carboxylic acids is 1. The highest BCUT2D eigenvalue weighted by atomic mass is 79.9. The predicted octanol–water partition coefficient (Wildman–Crippen LogP) is 13.9. The second kappa shape index (κ2) is 16.1. The molecule has 0 radical (unpaired) electrons. The summed E-state index contributed by atoms with van der Waals surface area (Å²) in [4.78, 5) is 15.2. The molecule has 6 aliphatic carbocycles. The number of rotatable bonds is 5. The van der Waals surface area contributed by atoms with E-state index in [1.165, 1.54) is 24.0 Å². The third kappa shape index (κ3) is 7.33. The molecule has 2 saturated heterocycles. The molecule has 12 heteroatoms. The molecule has 10 rings (SSSR count). The van der Waals surface area contributed by atoms with Crippen LogP contribution >= 0.6 is 15.9 Å². The summed E-state index contributed by atoms with van der Waals surface area (Å²) in [5.74, 6) is 1.17. The number of aliphatic hydroxyl groups is 1. The number of hydrogen-bond acceptors (Lipinski definition) is 7. The molecule has 6 fully saturated rings. The lowest BCUT2D eigenvalue weighted by Crippen LogP contribution is -2.57. The van der Waals surface area contributed by atoms with Crippen molar-refractivity contribution >= 4 is 38.3 Å². The summed E-state index contributed by atoms with van der Waals surface area (Å²) in [5, 5.41) is 14.9. The summed E-state index contributed by atoms with van der Waals surface area (Å²) in [6.45, 7) is 28.5. The maximum atomic E-state index is 12.3. The maximum absolute atomic E-state index is 12.3. The molecule has 4 heterocycles. The Hall–Kier alpha value is -1.35. The molecule has 0 aromatic carbocycles. The van der Waals surface area contributed by atoms with Crippen LogP contribution < -0.4 is 0 Å². The van der Waals surface area contributed by atoms with Crippen LogP contribution in [0.15, 0.2) is 51.7 Å². The Morgan fingerprint density at radius 3 is 1.64 bits per heavy atom. The van der Waals surface area contributed by atoms with Crippen molar-refractivity contribution in [3.63, 3.8) is 0 Å². The van der Waals surface area contributed by atoms with Crippen LogP contribution in [-0.4, -0.2) is 79.1 Å². The first-order valence-corrected chi connectivity index (χ1v) is 31.0. The number of ether oxygens (including phenoxy) is 2. The van der Waals surface area contributed by atoms with E-state index in [4.69, 9.17) is 23.9 Å². The monoisotopic (exact) mass is 982 g/mol. The fourth-order valence-electron chi connectivity index (χ4n) is 14.2. The number of nitrogens with zero attached hydrogens (tertiary/aromatic N) is 3. The van der Waals surface area contributed by atoms with Crippen molar-refractivity contribution in [3.05, 3.63) is 57.0 Å². The van der Waals surface area contributed by atoms with Crippen LogP contribution in [0.25, 0.3) is 10.4 Å². The third-order valence-electron chi connectivity index (χ3n) is 19.9. The number of aliphatic hydroxyl groups excluding tert-OH is 1. The zero-order valence-corrected chi connectivity index (χ0v) is 43.5. The van der Waals surface area contributed by atoms with Gasteiger partial charge in [-0.2, -0.15) is 0 Å². The van der Waals surface area contributed by atoms with Gasteiger partial charge >= 0.3 is 0 Å². The van der Waals surface area contributed by atoms with Gasteiger partial charge in [0.1, 0.15) is 0 Å². The van der Waals surface area contributed by atoms with E-state index in [1.807, 2.05) is 12.2 Å². The van der Waals surface area contributed by atoms with Gasteiger partial charge in [0.05, 0.1) is 51.6 Å². The Labute approximate surface area is 397 Å². The lowest BCUT2D eigenvalue weighted by Gasteiger charge is -2.56. The van der Waals surface area contributed by atoms with Crippen molar-refractivity contribution in [2.75, 3.05) is 0 Å². The number of carbonyl (C=O) groups is 1. The minimum Gasteiger partial charge on any atom is -0.413 e. The number of fused-ring (bicyclic) bond motifs is 2. The van der Waals surface area contributed by atoms with Crippen LogP contribution in [0.4, 0.5) is 0 Å². The fraction of sp³-hybridized carbons (Fsp3) is 0.827. The quantitative estimate of drug-likeness (QED) is 0.0962. The average molecular weight is 983 g/mol. The molecule has 9 nitrogen and oxygen atoms in total. The predicted molar refractivity (Wildman–Crippen MR) is 268 cm³/mol. The summed E-state index contributed by atoms with van der Waals surface area (Å²) in [5.41, 5.74) is 13.4. The van der Waals surface area contributed by atoms with Crippen molar-refractivity contribution in [2.24, 2.45) is 27.8 Å². The highest BCUT2D eigenvalue weighted by Gasteiger charge is 2.70. The molecule has 0 amide bonds. The Balaban J connectivity index is 0.000000186. The average Bonchev–Trinajstić information content (AvgIpc) is 3.88. The first-order chi connectivity index (χ1) is 28.7. The van der Waals surface area contributed by atoms with Gasteiger partial charge in [0.15, 0.2) is 22.4 Å². The largest absolute Gasteiger partial charge is 0.413 e. The standard InChI is InChI=1S/C25H37BrO3Si.C25H39N3O3Si.2CH4/c1-22(2,3)30(5,6)28-21-8-7-20-23(21,4)10-9-16-13-17-14-19(27)18(26)15-24(17)11-12-25(16,20)29-24;1-22(2,3)32(5,6)30-21-8-7-20-23(21,4)10-9-16-13-17-14-19(29)18(27-28-26)15-24(17)11-12-25(16,20)31-24;;/h13-14,18,20-21H,7-12,15H2,1-6H3;13-14,18-21,29H,7-12,15H2,1-6H3;2*1H4/t18-,20-,21+,23+,24-,25-;18-,19-,20+,21-,23-,24+,25+;;/m10../s1. The molecule has 0 aromatic rings. The fourth-order valence-corrected chi connectivity index (χ4v) is 17.8. The molecule has 4 saturated carbocycles. The molecular weight excluding hydrogens is 899 g/mol. The first-order valence-electron chi connectivity index (χ1n) is 24.2. The van der Waals surface area contributed by atoms with Crippen molar-refractivity contribution in [1.82, 2.24) is 0 Å². The van der Waals surface area contributed by atoms with Crippen LogP contribution in [0, 0.1) is 22.7 Å². The van der Waals surface area contributed by atoms with Gasteiger partial charge in [-0.25, -0.2) is 0 Å². The van der Waals surface area contributed by atoms with Crippen LogP contribution in [0.3, 0.4) is 0 Å². The molecule has 64 heavy (non-hydrogen) atoms. The first kappa shape index (κ1) is 50.5. The van der Waals surface area contributed by atoms with Crippen LogP contribution in [-0.2, 0) is 23.1 Å². The molecule has 1 N–H and O–H groups in total. The highest BCUT2D eigenvalue weighted by Crippen LogP contribution is 2.70. The Morgan fingerprint density at radius 2 is 1.19 bits per heavy atom. The smallest absolute Gasteiger partial charge is 0.192 e. The number of ketones is 1. The summed E-state index contributed by atoms with van der Waals surface area (Å²) in [7, 11) is -3.67. The SMILES string of the molecule is C.C.CC(C)(C)[Si](C)(C)O[C@H]1CC[C@@H]2[C@]1(C)CCC1=CC3=CC(=O)[C@H](Br)C[C@]34CC[C@@]12O4.CC(C)(C)[Si](C)(C)O[C@H]1CC[C@@H]2[C@]1(C)CCC1=CC3=C[C@H](O)[C@@H](N=[N+]=[N-])C[C@]34CC[C@@]12O4. The topological polar surface area (TPSA) is 123 Å². The molecule has 358 valence electrons. The lowest BCUT2D eigenvalue weighted by atomic mass is 9.58. The van der Waals surface area contributed by atoms with Crippen molar-refractivity contribution < 1.29 is 28.2 Å². The molecular formula is C52H84BrN3O6Si2. The van der Waals surface area contributed by atoms with Crippen molar-refractivity contribution in [1.29, 1.82) is 0 Å². The van der Waals surface area contributed by atoms with Gasteiger partial charge in [0, 0.05) is 11.3 Å². The maximum Gasteiger partial charge on any atom is 0.192 e. The third-order valence-corrected chi connectivity index (χ3v) is 29.7. The summed E-state index contributed by atoms with van der Waals surface area (Å²) < 4.78 is 28.4. The van der Waals surface area contributed by atoms with Gasteiger partial charge in [0.25, 0.3) is 0 Å². The van der Waals surface area contributed by atoms with E-state index in [1.54, 1.807) is 0 Å². The normalized spacial score (nSPS) is 43.9. The van der Waals surface area contributed by atoms with Crippen molar-refractivity contribution in [3.8, 4) is 0 Å². The second-order valence-electron chi connectivity index (χ2n) is 25.1. The Kier molecular flexibility index (Phi) is 12.7. The molecule has 4 aliphatic heterocycles. The zero-order valence-electron chi connectivity index (χ0n) is 40.0. The van der Waals surface area contributed by atoms with E-state index in [9.17, 15) is 9.90 Å². The molecule has 4 spiro atoms. The molecule has 0 aromatic heterocycles. The minimum absolute atomic E-state index is 0. The molecule has 0 unspecified atom stereocenters. The van der Waals surface area contributed by atoms with E-state index in [2.05, 4.69) is 120 Å². The minimum atomic E-state index is -1.86. The number of halogens is 1. The van der Waals surface area contributed by atoms with E-state index in [0.717, 1.165) is 81.8 Å². The summed E-state index contributed by atoms with van der Waals surface area (Å²) in [6.07, 6.45) is 22.8. The van der Waals surface area contributed by atoms with E-state index < -0.39 is 34.4 Å². The number of allylic oxidation sites excluding steroid dienone is 1. The number of azide groups is 1. The zero-order chi connectivity index (χ0) is 44.9. The summed E-state index contributed by atoms with van der Waals surface area (Å²) >= 11 is 3.61. The van der Waals surface area contributed by atoms with Gasteiger partial charge in [-0.1, -0.05) is 103 Å². The van der Waals surface area contributed by atoms with Gasteiger partial charge in [-0.05, 0) is 182 Å².